The van der Waals surface area contributed by atoms with Crippen LogP contribution in [0.5, 0.6) is 5.88 Å². The number of esters is 1. The van der Waals surface area contributed by atoms with Gasteiger partial charge in [0, 0.05) is 31.7 Å². The molecule has 1 aromatic heterocycles. The van der Waals surface area contributed by atoms with Crippen molar-refractivity contribution in [3.63, 3.8) is 0 Å². The maximum absolute atomic E-state index is 12.4. The molecule has 1 fully saturated rings. The summed E-state index contributed by atoms with van der Waals surface area (Å²) in [6, 6.07) is 10.3. The van der Waals surface area contributed by atoms with E-state index in [1.54, 1.807) is 18.7 Å². The third-order valence-electron chi connectivity index (χ3n) is 4.42. The fraction of sp³-hybridized carbons (Fsp3) is 0.444. The predicted octanol–water partition coefficient (Wildman–Crippen LogP) is 2.42. The van der Waals surface area contributed by atoms with E-state index in [0.717, 1.165) is 19.5 Å². The average molecular weight is 329 g/mol. The van der Waals surface area contributed by atoms with Crippen LogP contribution in [0, 0.1) is 12.8 Å². The molecule has 1 atom stereocenters. The summed E-state index contributed by atoms with van der Waals surface area (Å²) in [6.07, 6.45) is 1.02. The van der Waals surface area contributed by atoms with E-state index in [4.69, 9.17) is 9.47 Å². The zero-order chi connectivity index (χ0) is 17.1. The molecule has 0 spiro atoms. The number of carbonyl (C=O) groups is 1. The predicted molar refractivity (Wildman–Crippen MR) is 91.5 cm³/mol. The molecule has 1 aliphatic heterocycles. The second kappa shape index (κ2) is 6.95. The van der Waals surface area contributed by atoms with Gasteiger partial charge in [0.2, 0.25) is 5.88 Å². The number of anilines is 1. The lowest BCUT2D eigenvalue weighted by Gasteiger charge is -2.18. The highest BCUT2D eigenvalue weighted by molar-refractivity contribution is 5.93. The molecule has 0 saturated carbocycles. The van der Waals surface area contributed by atoms with Gasteiger partial charge in [0.05, 0.1) is 19.4 Å². The quantitative estimate of drug-likeness (QED) is 0.789. The highest BCUT2D eigenvalue weighted by atomic mass is 16.5. The third kappa shape index (κ3) is 3.22. The Labute approximate surface area is 142 Å². The van der Waals surface area contributed by atoms with Crippen LogP contribution in [0.15, 0.2) is 30.3 Å². The van der Waals surface area contributed by atoms with Crippen molar-refractivity contribution >= 4 is 11.7 Å². The molecule has 0 radical (unpaired) electrons. The summed E-state index contributed by atoms with van der Waals surface area (Å²) in [7, 11) is 3.28. The molecule has 3 rings (SSSR count). The molecule has 0 aliphatic carbocycles. The summed E-state index contributed by atoms with van der Waals surface area (Å²) in [5.41, 5.74) is 2.26. The van der Waals surface area contributed by atoms with E-state index in [2.05, 4.69) is 22.1 Å². The number of para-hydroxylation sites is 1. The molecule has 0 unspecified atom stereocenters. The summed E-state index contributed by atoms with van der Waals surface area (Å²) >= 11 is 0. The summed E-state index contributed by atoms with van der Waals surface area (Å²) in [5.74, 6) is 0.419. The van der Waals surface area contributed by atoms with Crippen LogP contribution < -0.4 is 9.64 Å². The number of carbonyl (C=O) groups excluding carboxylic acids is 1. The Morgan fingerprint density at radius 1 is 1.33 bits per heavy atom. The van der Waals surface area contributed by atoms with Crippen LogP contribution in [0.2, 0.25) is 0 Å². The summed E-state index contributed by atoms with van der Waals surface area (Å²) < 4.78 is 12.3. The molecule has 0 bridgehead atoms. The maximum Gasteiger partial charge on any atom is 0.345 e. The number of hydrogen-bond donors (Lipinski definition) is 0. The van der Waals surface area contributed by atoms with Gasteiger partial charge in [-0.05, 0) is 25.5 Å². The fourth-order valence-electron chi connectivity index (χ4n) is 3.21. The highest BCUT2D eigenvalue weighted by Gasteiger charge is 2.27. The summed E-state index contributed by atoms with van der Waals surface area (Å²) in [6.45, 7) is 4.09. The molecule has 2 heterocycles. The molecule has 128 valence electrons. The summed E-state index contributed by atoms with van der Waals surface area (Å²) in [5, 5.41) is 4.22. The van der Waals surface area contributed by atoms with Crippen molar-refractivity contribution < 1.29 is 14.3 Å². The van der Waals surface area contributed by atoms with Crippen molar-refractivity contribution in [1.82, 2.24) is 9.78 Å². The molecule has 1 aromatic carbocycles. The van der Waals surface area contributed by atoms with Crippen LogP contribution in [-0.4, -0.2) is 42.6 Å². The minimum Gasteiger partial charge on any atom is -0.481 e. The van der Waals surface area contributed by atoms with Gasteiger partial charge in [0.25, 0.3) is 0 Å². The second-order valence-corrected chi connectivity index (χ2v) is 6.13. The molecule has 24 heavy (non-hydrogen) atoms. The number of aryl methyl sites for hydroxylation is 2. The van der Waals surface area contributed by atoms with Gasteiger partial charge < -0.3 is 14.4 Å². The minimum absolute atomic E-state index is 0.345. The standard InChI is InChI=1S/C18H23N3O3/c1-13-16(17(23-3)20(2)19-13)18(22)24-12-14-9-10-21(11-14)15-7-5-4-6-8-15/h4-8,14H,9-12H2,1-3H3/t14-/m0/s1. The van der Waals surface area contributed by atoms with Gasteiger partial charge >= 0.3 is 5.97 Å². The van der Waals surface area contributed by atoms with Gasteiger partial charge in [0.15, 0.2) is 0 Å². The monoisotopic (exact) mass is 329 g/mol. The van der Waals surface area contributed by atoms with Gasteiger partial charge in [-0.2, -0.15) is 5.10 Å². The molecule has 1 saturated heterocycles. The van der Waals surface area contributed by atoms with Crippen LogP contribution >= 0.6 is 0 Å². The number of aromatic nitrogens is 2. The number of rotatable bonds is 5. The number of hydrogen-bond acceptors (Lipinski definition) is 5. The molecule has 2 aromatic rings. The van der Waals surface area contributed by atoms with Crippen LogP contribution in [0.25, 0.3) is 0 Å². The molecular formula is C18H23N3O3. The van der Waals surface area contributed by atoms with Crippen molar-refractivity contribution in [1.29, 1.82) is 0 Å². The first-order chi connectivity index (χ1) is 11.6. The Balaban J connectivity index is 1.58. The topological polar surface area (TPSA) is 56.6 Å². The van der Waals surface area contributed by atoms with Crippen molar-refractivity contribution in [2.45, 2.75) is 13.3 Å². The Hall–Kier alpha value is -2.50. The zero-order valence-electron chi connectivity index (χ0n) is 14.4. The first kappa shape index (κ1) is 16.4. The van der Waals surface area contributed by atoms with Gasteiger partial charge in [-0.3, -0.25) is 0 Å². The maximum atomic E-state index is 12.4. The van der Waals surface area contributed by atoms with Gasteiger partial charge in [-0.1, -0.05) is 18.2 Å². The van der Waals surface area contributed by atoms with E-state index >= 15 is 0 Å². The smallest absolute Gasteiger partial charge is 0.345 e. The van der Waals surface area contributed by atoms with E-state index in [9.17, 15) is 4.79 Å². The van der Waals surface area contributed by atoms with Gasteiger partial charge in [-0.25, -0.2) is 9.48 Å². The molecule has 0 amide bonds. The zero-order valence-corrected chi connectivity index (χ0v) is 14.4. The Morgan fingerprint density at radius 2 is 2.08 bits per heavy atom. The molecule has 6 nitrogen and oxygen atoms in total. The first-order valence-corrected chi connectivity index (χ1v) is 8.15. The Kier molecular flexibility index (Phi) is 4.74. The molecule has 0 N–H and O–H groups in total. The van der Waals surface area contributed by atoms with E-state index in [-0.39, 0.29) is 5.97 Å². The van der Waals surface area contributed by atoms with Crippen LogP contribution in [0.1, 0.15) is 22.5 Å². The lowest BCUT2D eigenvalue weighted by Crippen LogP contribution is -2.22. The molecule has 1 aliphatic rings. The lowest BCUT2D eigenvalue weighted by atomic mass is 10.1. The fourth-order valence-corrected chi connectivity index (χ4v) is 3.21. The normalized spacial score (nSPS) is 17.1. The van der Waals surface area contributed by atoms with Gasteiger partial charge in [-0.15, -0.1) is 0 Å². The van der Waals surface area contributed by atoms with Crippen LogP contribution in [-0.2, 0) is 11.8 Å². The second-order valence-electron chi connectivity index (χ2n) is 6.13. The number of methoxy groups -OCH3 is 1. The molecular weight excluding hydrogens is 306 g/mol. The van der Waals surface area contributed by atoms with E-state index in [1.165, 1.54) is 12.8 Å². The van der Waals surface area contributed by atoms with Crippen molar-refractivity contribution in [2.75, 3.05) is 31.7 Å². The van der Waals surface area contributed by atoms with Crippen molar-refractivity contribution in [3.8, 4) is 5.88 Å². The van der Waals surface area contributed by atoms with Crippen LogP contribution in [0.3, 0.4) is 0 Å². The SMILES string of the molecule is COc1c(C(=O)OC[C@H]2CCN(c3ccccc3)C2)c(C)nn1C. The Morgan fingerprint density at radius 3 is 2.79 bits per heavy atom. The first-order valence-electron chi connectivity index (χ1n) is 8.15. The largest absolute Gasteiger partial charge is 0.481 e. The van der Waals surface area contributed by atoms with Crippen LogP contribution in [0.4, 0.5) is 5.69 Å². The number of nitrogens with zero attached hydrogens (tertiary/aromatic N) is 3. The average Bonchev–Trinajstić information content (AvgIpc) is 3.17. The molecule has 6 heteroatoms. The number of benzene rings is 1. The highest BCUT2D eigenvalue weighted by Crippen LogP contribution is 2.25. The number of ether oxygens (including phenoxy) is 2. The summed E-state index contributed by atoms with van der Waals surface area (Å²) in [4.78, 5) is 14.7. The lowest BCUT2D eigenvalue weighted by molar-refractivity contribution is 0.0446. The van der Waals surface area contributed by atoms with E-state index in [0.29, 0.717) is 29.7 Å². The minimum atomic E-state index is -0.365. The Bertz CT molecular complexity index is 712. The third-order valence-corrected chi connectivity index (χ3v) is 4.42. The van der Waals surface area contributed by atoms with Gasteiger partial charge in [0.1, 0.15) is 5.56 Å². The van der Waals surface area contributed by atoms with E-state index in [1.807, 2.05) is 18.2 Å². The van der Waals surface area contributed by atoms with Crippen molar-refractivity contribution in [2.24, 2.45) is 13.0 Å². The van der Waals surface area contributed by atoms with Crippen molar-refractivity contribution in [3.05, 3.63) is 41.6 Å². The van der Waals surface area contributed by atoms with E-state index < -0.39 is 0 Å².